The number of rotatable bonds is 4. The SMILES string of the molecule is O=C(N[C@@H]1C[C@H]2CO[C@@H](CCO)CN2C1)c1ccncc1. The van der Waals surface area contributed by atoms with Crippen molar-refractivity contribution < 1.29 is 14.6 Å². The lowest BCUT2D eigenvalue weighted by Gasteiger charge is -2.34. The molecule has 6 heteroatoms. The molecule has 1 aromatic heterocycles. The van der Waals surface area contributed by atoms with Crippen molar-refractivity contribution in [1.82, 2.24) is 15.2 Å². The number of aromatic nitrogens is 1. The molecular formula is C15H21N3O3. The highest BCUT2D eigenvalue weighted by Gasteiger charge is 2.37. The summed E-state index contributed by atoms with van der Waals surface area (Å²) in [7, 11) is 0. The molecule has 0 radical (unpaired) electrons. The summed E-state index contributed by atoms with van der Waals surface area (Å²) in [5, 5.41) is 12.1. The molecule has 21 heavy (non-hydrogen) atoms. The van der Waals surface area contributed by atoms with Gasteiger partial charge in [0, 0.05) is 49.7 Å². The number of fused-ring (bicyclic) bond motifs is 1. The molecule has 2 N–H and O–H groups in total. The van der Waals surface area contributed by atoms with E-state index in [2.05, 4.69) is 15.2 Å². The Labute approximate surface area is 124 Å². The van der Waals surface area contributed by atoms with Crippen LogP contribution >= 0.6 is 0 Å². The summed E-state index contributed by atoms with van der Waals surface area (Å²) in [6.07, 6.45) is 4.96. The average Bonchev–Trinajstić information content (AvgIpc) is 2.90. The Bertz CT molecular complexity index is 482. The van der Waals surface area contributed by atoms with Gasteiger partial charge in [-0.1, -0.05) is 0 Å². The Morgan fingerprint density at radius 3 is 3.00 bits per heavy atom. The van der Waals surface area contributed by atoms with E-state index in [1.165, 1.54) is 0 Å². The Balaban J connectivity index is 1.54. The van der Waals surface area contributed by atoms with Gasteiger partial charge >= 0.3 is 0 Å². The second-order valence-electron chi connectivity index (χ2n) is 5.72. The van der Waals surface area contributed by atoms with Crippen LogP contribution in [0.5, 0.6) is 0 Å². The summed E-state index contributed by atoms with van der Waals surface area (Å²) in [4.78, 5) is 18.4. The van der Waals surface area contributed by atoms with Gasteiger partial charge in [0.15, 0.2) is 0 Å². The highest BCUT2D eigenvalue weighted by Crippen LogP contribution is 2.24. The first-order chi connectivity index (χ1) is 10.3. The number of ether oxygens (including phenoxy) is 1. The van der Waals surface area contributed by atoms with Crippen LogP contribution in [0.25, 0.3) is 0 Å². The fourth-order valence-electron chi connectivity index (χ4n) is 3.14. The lowest BCUT2D eigenvalue weighted by molar-refractivity contribution is -0.0566. The molecule has 0 aromatic carbocycles. The molecule has 3 atom stereocenters. The van der Waals surface area contributed by atoms with Crippen LogP contribution in [-0.2, 0) is 4.74 Å². The van der Waals surface area contributed by atoms with Gasteiger partial charge in [-0.15, -0.1) is 0 Å². The standard InChI is InChI=1S/C15H21N3O3/c19-6-3-14-9-18-8-12(7-13(18)10-21-14)17-15(20)11-1-4-16-5-2-11/h1-2,4-5,12-14,19H,3,6-10H2,(H,17,20)/t12-,13+,14+/m1/s1. The van der Waals surface area contributed by atoms with Crippen molar-refractivity contribution in [3.8, 4) is 0 Å². The van der Waals surface area contributed by atoms with E-state index in [9.17, 15) is 4.79 Å². The summed E-state index contributed by atoms with van der Waals surface area (Å²) in [5.41, 5.74) is 0.643. The summed E-state index contributed by atoms with van der Waals surface area (Å²) in [6, 6.07) is 3.98. The number of hydrogen-bond acceptors (Lipinski definition) is 5. The van der Waals surface area contributed by atoms with Gasteiger partial charge in [0.2, 0.25) is 0 Å². The molecule has 2 saturated heterocycles. The molecule has 2 aliphatic rings. The predicted molar refractivity (Wildman–Crippen MR) is 76.9 cm³/mol. The second kappa shape index (κ2) is 6.51. The van der Waals surface area contributed by atoms with Crippen molar-refractivity contribution in [2.75, 3.05) is 26.3 Å². The molecule has 2 fully saturated rings. The number of nitrogens with zero attached hydrogens (tertiary/aromatic N) is 2. The maximum atomic E-state index is 12.2. The molecule has 0 saturated carbocycles. The molecule has 1 aromatic rings. The highest BCUT2D eigenvalue weighted by molar-refractivity contribution is 5.94. The van der Waals surface area contributed by atoms with E-state index in [1.54, 1.807) is 24.5 Å². The molecule has 0 unspecified atom stereocenters. The average molecular weight is 291 g/mol. The van der Waals surface area contributed by atoms with Crippen molar-refractivity contribution in [2.45, 2.75) is 31.0 Å². The van der Waals surface area contributed by atoms with Gasteiger partial charge in [-0.2, -0.15) is 0 Å². The first-order valence-electron chi connectivity index (χ1n) is 7.43. The summed E-state index contributed by atoms with van der Waals surface area (Å²) in [5.74, 6) is -0.0462. The zero-order valence-electron chi connectivity index (χ0n) is 11.9. The number of amides is 1. The number of aliphatic hydroxyl groups excluding tert-OH is 1. The number of nitrogens with one attached hydrogen (secondary N) is 1. The topological polar surface area (TPSA) is 74.7 Å². The molecule has 0 aliphatic carbocycles. The third-order valence-corrected chi connectivity index (χ3v) is 4.22. The quantitative estimate of drug-likeness (QED) is 0.819. The van der Waals surface area contributed by atoms with Gasteiger partial charge in [0.05, 0.1) is 12.7 Å². The van der Waals surface area contributed by atoms with Gasteiger partial charge in [-0.3, -0.25) is 14.7 Å². The molecule has 3 heterocycles. The minimum Gasteiger partial charge on any atom is -0.396 e. The van der Waals surface area contributed by atoms with Crippen LogP contribution in [0.1, 0.15) is 23.2 Å². The number of carbonyl (C=O) groups excluding carboxylic acids is 1. The highest BCUT2D eigenvalue weighted by atomic mass is 16.5. The predicted octanol–water partition coefficient (Wildman–Crippen LogP) is 0.0355. The molecule has 3 rings (SSSR count). The largest absolute Gasteiger partial charge is 0.396 e. The van der Waals surface area contributed by atoms with Crippen molar-refractivity contribution in [1.29, 1.82) is 0 Å². The molecule has 114 valence electrons. The fraction of sp³-hybridized carbons (Fsp3) is 0.600. The van der Waals surface area contributed by atoms with E-state index in [0.717, 1.165) is 19.5 Å². The van der Waals surface area contributed by atoms with E-state index in [4.69, 9.17) is 9.84 Å². The Kier molecular flexibility index (Phi) is 4.48. The van der Waals surface area contributed by atoms with Gasteiger partial charge in [0.1, 0.15) is 0 Å². The summed E-state index contributed by atoms with van der Waals surface area (Å²) < 4.78 is 5.75. The fourth-order valence-corrected chi connectivity index (χ4v) is 3.14. The normalized spacial score (nSPS) is 29.1. The van der Waals surface area contributed by atoms with Crippen molar-refractivity contribution in [2.24, 2.45) is 0 Å². The van der Waals surface area contributed by atoms with Crippen LogP contribution in [0, 0.1) is 0 Å². The Morgan fingerprint density at radius 2 is 2.24 bits per heavy atom. The molecule has 1 amide bonds. The van der Waals surface area contributed by atoms with E-state index >= 15 is 0 Å². The van der Waals surface area contributed by atoms with Crippen LogP contribution in [0.3, 0.4) is 0 Å². The number of morpholine rings is 1. The minimum absolute atomic E-state index is 0.0462. The van der Waals surface area contributed by atoms with Crippen LogP contribution in [0.4, 0.5) is 0 Å². The zero-order chi connectivity index (χ0) is 14.7. The Morgan fingerprint density at radius 1 is 1.43 bits per heavy atom. The van der Waals surface area contributed by atoms with Crippen molar-refractivity contribution in [3.63, 3.8) is 0 Å². The molecular weight excluding hydrogens is 270 g/mol. The lowest BCUT2D eigenvalue weighted by Crippen LogP contribution is -2.46. The van der Waals surface area contributed by atoms with Crippen LogP contribution in [0.2, 0.25) is 0 Å². The number of aliphatic hydroxyl groups is 1. The molecule has 0 spiro atoms. The van der Waals surface area contributed by atoms with Crippen molar-refractivity contribution in [3.05, 3.63) is 30.1 Å². The van der Waals surface area contributed by atoms with Crippen LogP contribution in [0.15, 0.2) is 24.5 Å². The number of hydrogen-bond donors (Lipinski definition) is 2. The van der Waals surface area contributed by atoms with E-state index < -0.39 is 0 Å². The Hall–Kier alpha value is -1.50. The van der Waals surface area contributed by atoms with Gasteiger partial charge < -0.3 is 15.2 Å². The maximum absolute atomic E-state index is 12.2. The third kappa shape index (κ3) is 3.40. The third-order valence-electron chi connectivity index (χ3n) is 4.22. The first-order valence-corrected chi connectivity index (χ1v) is 7.43. The van der Waals surface area contributed by atoms with Crippen LogP contribution < -0.4 is 5.32 Å². The molecule has 0 bridgehead atoms. The number of carbonyl (C=O) groups is 1. The van der Waals surface area contributed by atoms with E-state index in [0.29, 0.717) is 24.6 Å². The summed E-state index contributed by atoms with van der Waals surface area (Å²) >= 11 is 0. The summed E-state index contributed by atoms with van der Waals surface area (Å²) in [6.45, 7) is 2.54. The van der Waals surface area contributed by atoms with E-state index in [1.807, 2.05) is 0 Å². The molecule has 6 nitrogen and oxygen atoms in total. The van der Waals surface area contributed by atoms with Gasteiger partial charge in [-0.25, -0.2) is 0 Å². The monoisotopic (exact) mass is 291 g/mol. The zero-order valence-corrected chi connectivity index (χ0v) is 11.9. The first kappa shape index (κ1) is 14.4. The van der Waals surface area contributed by atoms with Crippen molar-refractivity contribution >= 4 is 5.91 Å². The van der Waals surface area contributed by atoms with E-state index in [-0.39, 0.29) is 24.7 Å². The van der Waals surface area contributed by atoms with Crippen LogP contribution in [-0.4, -0.2) is 65.4 Å². The second-order valence-corrected chi connectivity index (χ2v) is 5.72. The molecule has 2 aliphatic heterocycles. The number of pyridine rings is 1. The lowest BCUT2D eigenvalue weighted by atomic mass is 10.1. The minimum atomic E-state index is -0.0462. The smallest absolute Gasteiger partial charge is 0.251 e. The van der Waals surface area contributed by atoms with Gasteiger partial charge in [-0.05, 0) is 25.0 Å². The maximum Gasteiger partial charge on any atom is 0.251 e. The van der Waals surface area contributed by atoms with Gasteiger partial charge in [0.25, 0.3) is 5.91 Å².